The van der Waals surface area contributed by atoms with Gasteiger partial charge in [0.25, 0.3) is 0 Å². The van der Waals surface area contributed by atoms with Crippen LogP contribution < -0.4 is 22.1 Å². The van der Waals surface area contributed by atoms with Crippen LogP contribution in [0.3, 0.4) is 0 Å². The quantitative estimate of drug-likeness (QED) is 0.180. The average Bonchev–Trinajstić information content (AvgIpc) is 3.60. The molecule has 1 aromatic heterocycles. The number of carboxylic acid groups (broad SMARTS) is 1. The number of carbonyl (C=O) groups excluding carboxylic acids is 3. The van der Waals surface area contributed by atoms with Gasteiger partial charge in [-0.15, -0.1) is 0 Å². The predicted octanol–water partition coefficient (Wildman–Crippen LogP) is -0.304. The van der Waals surface area contributed by atoms with Gasteiger partial charge in [0.1, 0.15) is 18.1 Å². The van der Waals surface area contributed by atoms with Gasteiger partial charge in [0.05, 0.1) is 12.4 Å². The first-order valence-corrected chi connectivity index (χ1v) is 12.9. The van der Waals surface area contributed by atoms with E-state index in [2.05, 4.69) is 20.6 Å². The molecule has 1 aliphatic heterocycles. The molecule has 2 heterocycles. The minimum absolute atomic E-state index is 0.00868. The van der Waals surface area contributed by atoms with Gasteiger partial charge in [-0.3, -0.25) is 14.4 Å². The maximum atomic E-state index is 13.3. The summed E-state index contributed by atoms with van der Waals surface area (Å²) in [6, 6.07) is 5.67. The standard InChI is InChI=1S/C26H37N7O5/c27-11-5-4-9-20(23(34)32-21(26(37)38)14-18-15-29-16-30-18)31-24(35)22-10-6-12-33(22)25(36)19(28)13-17-7-2-1-3-8-17/h1-3,7-8,15-16,19-22H,4-6,9-14,27-28H2,(H,29,30)(H,31,35)(H,32,34)(H,37,38). The number of H-pyrrole nitrogens is 1. The summed E-state index contributed by atoms with van der Waals surface area (Å²) in [7, 11) is 0. The Kier molecular flexibility index (Phi) is 10.8. The van der Waals surface area contributed by atoms with Crippen molar-refractivity contribution in [3.05, 3.63) is 54.1 Å². The van der Waals surface area contributed by atoms with Gasteiger partial charge in [0, 0.05) is 24.9 Å². The van der Waals surface area contributed by atoms with Crippen LogP contribution in [0.15, 0.2) is 42.9 Å². The molecule has 0 bridgehead atoms. The van der Waals surface area contributed by atoms with Gasteiger partial charge >= 0.3 is 5.97 Å². The van der Waals surface area contributed by atoms with E-state index in [1.165, 1.54) is 17.4 Å². The van der Waals surface area contributed by atoms with Gasteiger partial charge in [-0.25, -0.2) is 9.78 Å². The Morgan fingerprint density at radius 3 is 2.53 bits per heavy atom. The number of rotatable bonds is 14. The Bertz CT molecular complexity index is 1060. The van der Waals surface area contributed by atoms with Gasteiger partial charge in [-0.2, -0.15) is 0 Å². The van der Waals surface area contributed by atoms with Gasteiger partial charge in [-0.1, -0.05) is 30.3 Å². The van der Waals surface area contributed by atoms with Crippen LogP contribution in [0.1, 0.15) is 43.4 Å². The highest BCUT2D eigenvalue weighted by molar-refractivity contribution is 5.94. The number of nitrogens with two attached hydrogens (primary N) is 2. The molecule has 0 aliphatic carbocycles. The van der Waals surface area contributed by atoms with E-state index in [-0.39, 0.29) is 18.7 Å². The molecule has 8 N–H and O–H groups in total. The molecule has 12 nitrogen and oxygen atoms in total. The molecule has 0 spiro atoms. The van der Waals surface area contributed by atoms with Gasteiger partial charge < -0.3 is 37.1 Å². The smallest absolute Gasteiger partial charge is 0.326 e. The van der Waals surface area contributed by atoms with Crippen molar-refractivity contribution in [2.75, 3.05) is 13.1 Å². The zero-order chi connectivity index (χ0) is 27.5. The SMILES string of the molecule is NCCCCC(NC(=O)C1CCCN1C(=O)C(N)Cc1ccccc1)C(=O)NC(Cc1cnc[nH]1)C(=O)O. The molecule has 0 saturated carbocycles. The normalized spacial score (nSPS) is 17.4. The maximum absolute atomic E-state index is 13.3. The van der Waals surface area contributed by atoms with Crippen LogP contribution >= 0.6 is 0 Å². The van der Waals surface area contributed by atoms with Gasteiger partial charge in [0.15, 0.2) is 0 Å². The molecule has 2 aromatic rings. The van der Waals surface area contributed by atoms with Crippen molar-refractivity contribution in [2.45, 2.75) is 69.1 Å². The van der Waals surface area contributed by atoms with Crippen molar-refractivity contribution in [3.8, 4) is 0 Å². The largest absolute Gasteiger partial charge is 0.480 e. The van der Waals surface area contributed by atoms with Gasteiger partial charge in [-0.05, 0) is 50.6 Å². The molecule has 0 radical (unpaired) electrons. The lowest BCUT2D eigenvalue weighted by Gasteiger charge is -2.28. The van der Waals surface area contributed by atoms with Crippen molar-refractivity contribution in [2.24, 2.45) is 11.5 Å². The number of aromatic nitrogens is 2. The molecule has 38 heavy (non-hydrogen) atoms. The molecular formula is C26H37N7O5. The first-order chi connectivity index (χ1) is 18.3. The number of unbranched alkanes of at least 4 members (excludes halogenated alkanes) is 1. The van der Waals surface area contributed by atoms with E-state index < -0.39 is 42.0 Å². The van der Waals surface area contributed by atoms with Crippen molar-refractivity contribution in [1.82, 2.24) is 25.5 Å². The highest BCUT2D eigenvalue weighted by Gasteiger charge is 2.38. The van der Waals surface area contributed by atoms with Crippen LogP contribution in [-0.4, -0.2) is 80.9 Å². The molecule has 206 valence electrons. The van der Waals surface area contributed by atoms with Gasteiger partial charge in [0.2, 0.25) is 17.7 Å². The highest BCUT2D eigenvalue weighted by atomic mass is 16.4. The van der Waals surface area contributed by atoms with E-state index >= 15 is 0 Å². The van der Waals surface area contributed by atoms with E-state index in [1.807, 2.05) is 30.3 Å². The van der Waals surface area contributed by atoms with Crippen LogP contribution in [0, 0.1) is 0 Å². The third-order valence-electron chi connectivity index (χ3n) is 6.63. The lowest BCUT2D eigenvalue weighted by Crippen LogP contribution is -2.57. The second-order valence-electron chi connectivity index (χ2n) is 9.51. The number of carboxylic acids is 1. The molecule has 3 rings (SSSR count). The van der Waals surface area contributed by atoms with Crippen molar-refractivity contribution < 1.29 is 24.3 Å². The van der Waals surface area contributed by atoms with Crippen LogP contribution in [0.2, 0.25) is 0 Å². The van der Waals surface area contributed by atoms with Crippen LogP contribution in [-0.2, 0) is 32.0 Å². The van der Waals surface area contributed by atoms with Crippen molar-refractivity contribution in [1.29, 1.82) is 0 Å². The summed E-state index contributed by atoms with van der Waals surface area (Å²) in [5, 5.41) is 14.9. The number of benzene rings is 1. The van der Waals surface area contributed by atoms with Crippen LogP contribution in [0.5, 0.6) is 0 Å². The molecule has 12 heteroatoms. The van der Waals surface area contributed by atoms with Crippen LogP contribution in [0.25, 0.3) is 0 Å². The number of nitrogens with one attached hydrogen (secondary N) is 3. The summed E-state index contributed by atoms with van der Waals surface area (Å²) < 4.78 is 0. The molecule has 1 saturated heterocycles. The Balaban J connectivity index is 1.65. The molecule has 1 fully saturated rings. The fraction of sp³-hybridized carbons (Fsp3) is 0.500. The number of carbonyl (C=O) groups is 4. The second kappa shape index (κ2) is 14.2. The monoisotopic (exact) mass is 527 g/mol. The number of hydrogen-bond acceptors (Lipinski definition) is 7. The Hall–Kier alpha value is -3.77. The van der Waals surface area contributed by atoms with Crippen LogP contribution in [0.4, 0.5) is 0 Å². The fourth-order valence-electron chi connectivity index (χ4n) is 4.59. The molecule has 1 aromatic carbocycles. The number of imidazole rings is 1. The van der Waals surface area contributed by atoms with Crippen molar-refractivity contribution >= 4 is 23.7 Å². The molecule has 4 atom stereocenters. The molecule has 1 aliphatic rings. The predicted molar refractivity (Wildman–Crippen MR) is 140 cm³/mol. The Labute approximate surface area is 221 Å². The zero-order valence-corrected chi connectivity index (χ0v) is 21.3. The summed E-state index contributed by atoms with van der Waals surface area (Å²) in [4.78, 5) is 59.5. The van der Waals surface area contributed by atoms with Crippen molar-refractivity contribution in [3.63, 3.8) is 0 Å². The number of nitrogens with zero attached hydrogens (tertiary/aromatic N) is 2. The molecule has 3 amide bonds. The summed E-state index contributed by atoms with van der Waals surface area (Å²) >= 11 is 0. The Morgan fingerprint density at radius 2 is 1.87 bits per heavy atom. The third kappa shape index (κ3) is 8.12. The third-order valence-corrected chi connectivity index (χ3v) is 6.63. The van der Waals surface area contributed by atoms with E-state index in [0.29, 0.717) is 50.9 Å². The first-order valence-electron chi connectivity index (χ1n) is 12.9. The minimum Gasteiger partial charge on any atom is -0.480 e. The zero-order valence-electron chi connectivity index (χ0n) is 21.3. The lowest BCUT2D eigenvalue weighted by atomic mass is 10.0. The number of amides is 3. The van der Waals surface area contributed by atoms with E-state index in [0.717, 1.165) is 5.56 Å². The molecular weight excluding hydrogens is 490 g/mol. The number of likely N-dealkylation sites (tertiary alicyclic amines) is 1. The topological polar surface area (TPSA) is 197 Å². The minimum atomic E-state index is -1.21. The average molecular weight is 528 g/mol. The number of aliphatic carboxylic acids is 1. The maximum Gasteiger partial charge on any atom is 0.326 e. The molecule has 4 unspecified atom stereocenters. The summed E-state index contributed by atoms with van der Waals surface area (Å²) in [5.74, 6) is -2.60. The Morgan fingerprint density at radius 1 is 1.11 bits per heavy atom. The summed E-state index contributed by atoms with van der Waals surface area (Å²) in [6.45, 7) is 0.818. The van der Waals surface area contributed by atoms with E-state index in [1.54, 1.807) is 0 Å². The summed E-state index contributed by atoms with van der Waals surface area (Å²) in [5.41, 5.74) is 13.3. The fourth-order valence-corrected chi connectivity index (χ4v) is 4.59. The highest BCUT2D eigenvalue weighted by Crippen LogP contribution is 2.20. The van der Waals surface area contributed by atoms with E-state index in [9.17, 15) is 24.3 Å². The second-order valence-corrected chi connectivity index (χ2v) is 9.51. The summed E-state index contributed by atoms with van der Waals surface area (Å²) in [6.07, 6.45) is 5.82. The lowest BCUT2D eigenvalue weighted by molar-refractivity contribution is -0.143. The number of hydrogen-bond donors (Lipinski definition) is 6. The van der Waals surface area contributed by atoms with E-state index in [4.69, 9.17) is 11.5 Å². The first kappa shape index (κ1) is 28.8. The number of aromatic amines is 1.